The topological polar surface area (TPSA) is 131 Å². The Morgan fingerprint density at radius 1 is 1.18 bits per heavy atom. The van der Waals surface area contributed by atoms with E-state index in [0.717, 1.165) is 0 Å². The molecule has 0 aromatic carbocycles. The number of nitrogens with one attached hydrogen (secondary N) is 3. The van der Waals surface area contributed by atoms with Crippen molar-refractivity contribution >= 4 is 41.9 Å². The Morgan fingerprint density at radius 2 is 1.82 bits per heavy atom. The lowest BCUT2D eigenvalue weighted by Crippen LogP contribution is -2.54. The highest BCUT2D eigenvalue weighted by Gasteiger charge is 2.24. The highest BCUT2D eigenvalue weighted by Crippen LogP contribution is 2.10. The van der Waals surface area contributed by atoms with Crippen molar-refractivity contribution in [2.24, 2.45) is 10.7 Å². The van der Waals surface area contributed by atoms with Crippen molar-refractivity contribution in [3.63, 3.8) is 0 Å². The summed E-state index contributed by atoms with van der Waals surface area (Å²) < 4.78 is 10.6. The third kappa shape index (κ3) is 10.4. The average molecular weight is 509 g/mol. The largest absolute Gasteiger partial charge is 0.454 e. The highest BCUT2D eigenvalue weighted by molar-refractivity contribution is 14.0. The maximum atomic E-state index is 12.0. The summed E-state index contributed by atoms with van der Waals surface area (Å²) in [5.74, 6) is 0.548. The van der Waals surface area contributed by atoms with Gasteiger partial charge in [0.15, 0.2) is 11.7 Å². The fraction of sp³-hybridized carbons (Fsp3) is 0.611. The van der Waals surface area contributed by atoms with Crippen molar-refractivity contribution in [2.75, 3.05) is 13.1 Å². The lowest BCUT2D eigenvalue weighted by molar-refractivity contribution is 0.0473. The number of rotatable bonds is 7. The molecule has 0 unspecified atom stereocenters. The number of hydrogen-bond acceptors (Lipinski definition) is 5. The van der Waals surface area contributed by atoms with E-state index < -0.39 is 23.1 Å². The number of aliphatic imine (C=N–C) groups is 1. The van der Waals surface area contributed by atoms with Gasteiger partial charge in [0.1, 0.15) is 17.9 Å². The third-order valence-corrected chi connectivity index (χ3v) is 3.18. The molecule has 1 rings (SSSR count). The molecule has 1 heterocycles. The standard InChI is InChI=1S/C18H31N5O4.HI/c1-7-20-15(21-10-12-8-9-13(26-12)14(19)24)22-11-18(5,6)23-16(25)27-17(2,3)4;/h8-9H,7,10-11H2,1-6H3,(H2,19,24)(H,23,25)(H2,20,21,22);1H. The van der Waals surface area contributed by atoms with Gasteiger partial charge in [-0.05, 0) is 53.7 Å². The van der Waals surface area contributed by atoms with E-state index in [2.05, 4.69) is 20.9 Å². The van der Waals surface area contributed by atoms with Gasteiger partial charge in [-0.3, -0.25) is 4.79 Å². The normalized spacial score (nSPS) is 12.0. The summed E-state index contributed by atoms with van der Waals surface area (Å²) >= 11 is 0. The summed E-state index contributed by atoms with van der Waals surface area (Å²) in [7, 11) is 0. The molecule has 5 N–H and O–H groups in total. The van der Waals surface area contributed by atoms with Crippen LogP contribution < -0.4 is 21.7 Å². The molecule has 0 fully saturated rings. The first-order valence-electron chi connectivity index (χ1n) is 8.84. The fourth-order valence-corrected chi connectivity index (χ4v) is 2.02. The molecule has 0 radical (unpaired) electrons. The second-order valence-electron chi connectivity index (χ2n) is 7.69. The highest BCUT2D eigenvalue weighted by atomic mass is 127. The van der Waals surface area contributed by atoms with Crippen molar-refractivity contribution < 1.29 is 18.7 Å². The van der Waals surface area contributed by atoms with Gasteiger partial charge in [0, 0.05) is 13.1 Å². The third-order valence-electron chi connectivity index (χ3n) is 3.18. The number of carbonyl (C=O) groups is 2. The first kappa shape index (κ1) is 26.0. The van der Waals surface area contributed by atoms with Crippen molar-refractivity contribution in [2.45, 2.75) is 59.2 Å². The van der Waals surface area contributed by atoms with Crippen LogP contribution in [0.5, 0.6) is 0 Å². The van der Waals surface area contributed by atoms with Crippen LogP contribution in [0.4, 0.5) is 4.79 Å². The zero-order valence-electron chi connectivity index (χ0n) is 17.3. The second kappa shape index (κ2) is 11.1. The minimum atomic E-state index is -0.620. The molecule has 9 nitrogen and oxygen atoms in total. The number of amides is 2. The Hall–Kier alpha value is -1.98. The number of nitrogens with zero attached hydrogens (tertiary/aromatic N) is 1. The van der Waals surface area contributed by atoms with E-state index in [0.29, 0.717) is 24.8 Å². The monoisotopic (exact) mass is 509 g/mol. The zero-order valence-corrected chi connectivity index (χ0v) is 19.7. The van der Waals surface area contributed by atoms with E-state index in [1.54, 1.807) is 6.07 Å². The van der Waals surface area contributed by atoms with E-state index in [1.807, 2.05) is 41.5 Å². The molecule has 0 saturated heterocycles. The number of ether oxygens (including phenoxy) is 1. The van der Waals surface area contributed by atoms with Crippen LogP contribution in [0.3, 0.4) is 0 Å². The van der Waals surface area contributed by atoms with E-state index in [-0.39, 0.29) is 36.3 Å². The Morgan fingerprint density at radius 3 is 2.32 bits per heavy atom. The number of nitrogens with two attached hydrogens (primary N) is 1. The predicted octanol–water partition coefficient (Wildman–Crippen LogP) is 2.35. The number of furan rings is 1. The summed E-state index contributed by atoms with van der Waals surface area (Å²) in [5, 5.41) is 9.10. The smallest absolute Gasteiger partial charge is 0.408 e. The minimum Gasteiger partial charge on any atom is -0.454 e. The summed E-state index contributed by atoms with van der Waals surface area (Å²) in [4.78, 5) is 27.4. The fourth-order valence-electron chi connectivity index (χ4n) is 2.02. The lowest BCUT2D eigenvalue weighted by Gasteiger charge is -2.29. The molecule has 1 aromatic heterocycles. The molecule has 0 aliphatic carbocycles. The Kier molecular flexibility index (Phi) is 10.3. The first-order chi connectivity index (χ1) is 12.4. The van der Waals surface area contributed by atoms with Gasteiger partial charge in [-0.2, -0.15) is 0 Å². The number of primary amides is 1. The van der Waals surface area contributed by atoms with E-state index in [4.69, 9.17) is 14.9 Å². The van der Waals surface area contributed by atoms with Crippen LogP contribution in [-0.2, 0) is 11.3 Å². The van der Waals surface area contributed by atoms with Crippen LogP contribution in [0.15, 0.2) is 21.5 Å². The molecule has 0 spiro atoms. The molecule has 0 aliphatic heterocycles. The first-order valence-corrected chi connectivity index (χ1v) is 8.84. The van der Waals surface area contributed by atoms with E-state index in [9.17, 15) is 9.59 Å². The molecule has 0 aliphatic rings. The summed E-state index contributed by atoms with van der Waals surface area (Å²) in [6.07, 6.45) is -0.481. The molecule has 160 valence electrons. The number of alkyl carbamates (subject to hydrolysis) is 1. The SMILES string of the molecule is CCNC(=NCc1ccc(C(N)=O)o1)NCC(C)(C)NC(=O)OC(C)(C)C.I. The van der Waals surface area contributed by atoms with Gasteiger partial charge in [-0.15, -0.1) is 24.0 Å². The van der Waals surface area contributed by atoms with Crippen LogP contribution in [0, 0.1) is 0 Å². The van der Waals surface area contributed by atoms with Crippen LogP contribution in [0.25, 0.3) is 0 Å². The molecular weight excluding hydrogens is 477 g/mol. The van der Waals surface area contributed by atoms with Crippen LogP contribution in [-0.4, -0.2) is 42.2 Å². The van der Waals surface area contributed by atoms with E-state index >= 15 is 0 Å². The number of carbonyl (C=O) groups excluding carboxylic acids is 2. The number of hydrogen-bond donors (Lipinski definition) is 4. The average Bonchev–Trinajstić information content (AvgIpc) is 2.96. The van der Waals surface area contributed by atoms with Crippen molar-refractivity contribution in [3.05, 3.63) is 23.7 Å². The van der Waals surface area contributed by atoms with Gasteiger partial charge in [0.05, 0.1) is 5.54 Å². The Balaban J connectivity index is 0.00000729. The molecule has 1 aromatic rings. The van der Waals surface area contributed by atoms with Crippen molar-refractivity contribution in [1.82, 2.24) is 16.0 Å². The van der Waals surface area contributed by atoms with Gasteiger partial charge in [0.25, 0.3) is 5.91 Å². The van der Waals surface area contributed by atoms with Crippen molar-refractivity contribution in [3.8, 4) is 0 Å². The molecule has 0 bridgehead atoms. The molecule has 2 amide bonds. The maximum absolute atomic E-state index is 12.0. The van der Waals surface area contributed by atoms with Gasteiger partial charge < -0.3 is 30.8 Å². The van der Waals surface area contributed by atoms with Gasteiger partial charge in [0.2, 0.25) is 0 Å². The van der Waals surface area contributed by atoms with Gasteiger partial charge in [-0.1, -0.05) is 0 Å². The lowest BCUT2D eigenvalue weighted by atomic mass is 10.1. The number of guanidine groups is 1. The van der Waals surface area contributed by atoms with Crippen LogP contribution >= 0.6 is 24.0 Å². The van der Waals surface area contributed by atoms with Gasteiger partial charge >= 0.3 is 6.09 Å². The maximum Gasteiger partial charge on any atom is 0.408 e. The molecule has 0 atom stereocenters. The summed E-state index contributed by atoms with van der Waals surface area (Å²) in [5.41, 5.74) is 4.04. The summed E-state index contributed by atoms with van der Waals surface area (Å²) in [6, 6.07) is 3.17. The molecule has 10 heteroatoms. The van der Waals surface area contributed by atoms with E-state index in [1.165, 1.54) is 6.07 Å². The van der Waals surface area contributed by atoms with Crippen LogP contribution in [0.1, 0.15) is 57.9 Å². The predicted molar refractivity (Wildman–Crippen MR) is 119 cm³/mol. The summed E-state index contributed by atoms with van der Waals surface area (Å²) in [6.45, 7) is 12.4. The molecule has 28 heavy (non-hydrogen) atoms. The minimum absolute atomic E-state index is 0. The number of halogens is 1. The quantitative estimate of drug-likeness (QED) is 0.254. The van der Waals surface area contributed by atoms with Gasteiger partial charge in [-0.25, -0.2) is 9.79 Å². The molecular formula is C18H32IN5O4. The van der Waals surface area contributed by atoms with Crippen LogP contribution in [0.2, 0.25) is 0 Å². The van der Waals surface area contributed by atoms with Crippen molar-refractivity contribution in [1.29, 1.82) is 0 Å². The molecule has 0 saturated carbocycles. The Labute approximate surface area is 183 Å². The Bertz CT molecular complexity index is 680. The second-order valence-corrected chi connectivity index (χ2v) is 7.69. The zero-order chi connectivity index (χ0) is 20.7.